The predicted molar refractivity (Wildman–Crippen MR) is 138 cm³/mol. The fraction of sp³-hybridized carbons (Fsp3) is 0.185. The van der Waals surface area contributed by atoms with Crippen molar-refractivity contribution in [3.8, 4) is 34.1 Å². The molecule has 3 N–H and O–H groups in total. The number of benzene rings is 2. The summed E-state index contributed by atoms with van der Waals surface area (Å²) in [5, 5.41) is 17.9. The molecule has 0 aliphatic heterocycles. The Hall–Kier alpha value is -4.66. The summed E-state index contributed by atoms with van der Waals surface area (Å²) in [6, 6.07) is 14.2. The number of H-pyrrole nitrogens is 1. The zero-order valence-electron chi connectivity index (χ0n) is 20.2. The number of carbonyl (C=O) groups is 1. The highest BCUT2D eigenvalue weighted by Gasteiger charge is 2.16. The lowest BCUT2D eigenvalue weighted by atomic mass is 10.0. The van der Waals surface area contributed by atoms with Crippen LogP contribution in [-0.2, 0) is 6.54 Å². The molecule has 0 bridgehead atoms. The molecule has 2 aromatic carbocycles. The van der Waals surface area contributed by atoms with Crippen molar-refractivity contribution in [2.75, 3.05) is 12.4 Å². The van der Waals surface area contributed by atoms with Gasteiger partial charge in [0.05, 0.1) is 29.9 Å². The van der Waals surface area contributed by atoms with Gasteiger partial charge >= 0.3 is 0 Å². The van der Waals surface area contributed by atoms with Crippen molar-refractivity contribution in [2.24, 2.45) is 0 Å². The number of aromatic amines is 1. The maximum Gasteiger partial charge on any atom is 0.256 e. The summed E-state index contributed by atoms with van der Waals surface area (Å²) >= 11 is 0. The first-order valence-corrected chi connectivity index (χ1v) is 11.6. The molecule has 0 saturated heterocycles. The topological polar surface area (TPSA) is 118 Å². The van der Waals surface area contributed by atoms with Crippen LogP contribution in [0.5, 0.6) is 11.6 Å². The number of fused-ring (bicyclic) bond motifs is 1. The summed E-state index contributed by atoms with van der Waals surface area (Å²) < 4.78 is 7.18. The third kappa shape index (κ3) is 4.26. The van der Waals surface area contributed by atoms with E-state index in [4.69, 9.17) is 4.74 Å². The van der Waals surface area contributed by atoms with Crippen LogP contribution in [0.3, 0.4) is 0 Å². The highest BCUT2D eigenvalue weighted by atomic mass is 16.5. The molecule has 0 aliphatic carbocycles. The second-order valence-electron chi connectivity index (χ2n) is 8.46. The van der Waals surface area contributed by atoms with Gasteiger partial charge < -0.3 is 20.1 Å². The van der Waals surface area contributed by atoms with E-state index < -0.39 is 0 Å². The van der Waals surface area contributed by atoms with Crippen LogP contribution in [0.2, 0.25) is 0 Å². The van der Waals surface area contributed by atoms with Crippen molar-refractivity contribution in [3.63, 3.8) is 0 Å². The zero-order chi connectivity index (χ0) is 25.2. The summed E-state index contributed by atoms with van der Waals surface area (Å²) in [7, 11) is 1.57. The molecule has 0 spiro atoms. The number of carbonyl (C=O) groups excluding carboxylic acids is 1. The lowest BCUT2D eigenvalue weighted by Crippen LogP contribution is -2.16. The Morgan fingerprint density at radius 3 is 2.83 bits per heavy atom. The minimum atomic E-state index is -0.234. The Balaban J connectivity index is 1.47. The molecular formula is C27H26N6O3. The number of phenolic OH excluding ortho intramolecular Hbond substituents is 1. The summed E-state index contributed by atoms with van der Waals surface area (Å²) in [6.07, 6.45) is 4.32. The largest absolute Gasteiger partial charge is 0.507 e. The molecule has 0 atom stereocenters. The van der Waals surface area contributed by atoms with Crippen molar-refractivity contribution in [1.29, 1.82) is 0 Å². The molecule has 9 nitrogen and oxygen atoms in total. The van der Waals surface area contributed by atoms with E-state index in [2.05, 4.69) is 32.3 Å². The second-order valence-corrected chi connectivity index (χ2v) is 8.46. The number of pyridine rings is 1. The molecule has 0 fully saturated rings. The maximum absolute atomic E-state index is 13.0. The van der Waals surface area contributed by atoms with Crippen LogP contribution in [0.1, 0.15) is 29.3 Å². The van der Waals surface area contributed by atoms with E-state index in [0.717, 1.165) is 29.7 Å². The van der Waals surface area contributed by atoms with E-state index in [-0.39, 0.29) is 11.7 Å². The third-order valence-corrected chi connectivity index (χ3v) is 5.96. The fourth-order valence-corrected chi connectivity index (χ4v) is 4.15. The predicted octanol–water partition coefficient (Wildman–Crippen LogP) is 5.17. The van der Waals surface area contributed by atoms with E-state index in [1.165, 1.54) is 0 Å². The van der Waals surface area contributed by atoms with Gasteiger partial charge in [-0.05, 0) is 61.4 Å². The van der Waals surface area contributed by atoms with Gasteiger partial charge in [-0.2, -0.15) is 5.10 Å². The maximum atomic E-state index is 13.0. The summed E-state index contributed by atoms with van der Waals surface area (Å²) in [6.45, 7) is 4.70. The van der Waals surface area contributed by atoms with E-state index in [9.17, 15) is 9.90 Å². The van der Waals surface area contributed by atoms with Crippen LogP contribution in [-0.4, -0.2) is 42.9 Å². The van der Waals surface area contributed by atoms with Crippen molar-refractivity contribution >= 4 is 22.8 Å². The number of imidazole rings is 1. The monoisotopic (exact) mass is 482 g/mol. The summed E-state index contributed by atoms with van der Waals surface area (Å²) in [4.78, 5) is 25.2. The van der Waals surface area contributed by atoms with Gasteiger partial charge in [0.2, 0.25) is 5.88 Å². The third-order valence-electron chi connectivity index (χ3n) is 5.96. The number of hydrogen-bond donors (Lipinski definition) is 3. The average molecular weight is 483 g/mol. The first kappa shape index (κ1) is 23.1. The lowest BCUT2D eigenvalue weighted by Gasteiger charge is -2.09. The van der Waals surface area contributed by atoms with Gasteiger partial charge in [-0.15, -0.1) is 0 Å². The number of aromatic nitrogens is 5. The van der Waals surface area contributed by atoms with Crippen molar-refractivity contribution in [1.82, 2.24) is 24.7 Å². The smallest absolute Gasteiger partial charge is 0.256 e. The number of anilines is 1. The highest BCUT2D eigenvalue weighted by Crippen LogP contribution is 2.35. The van der Waals surface area contributed by atoms with E-state index in [1.807, 2.05) is 25.1 Å². The number of hydrogen-bond acceptors (Lipinski definition) is 6. The number of rotatable bonds is 7. The van der Waals surface area contributed by atoms with Crippen LogP contribution in [0, 0.1) is 6.92 Å². The van der Waals surface area contributed by atoms with Crippen molar-refractivity contribution < 1.29 is 14.6 Å². The van der Waals surface area contributed by atoms with E-state index >= 15 is 0 Å². The first-order valence-electron chi connectivity index (χ1n) is 11.6. The van der Waals surface area contributed by atoms with Crippen molar-refractivity contribution in [2.45, 2.75) is 26.8 Å². The Labute approximate surface area is 207 Å². The number of methoxy groups -OCH3 is 1. The average Bonchev–Trinajstić information content (AvgIpc) is 3.47. The van der Waals surface area contributed by atoms with Crippen molar-refractivity contribution in [3.05, 3.63) is 72.1 Å². The van der Waals surface area contributed by atoms with Gasteiger partial charge in [-0.3, -0.25) is 4.79 Å². The van der Waals surface area contributed by atoms with Crippen LogP contribution < -0.4 is 10.1 Å². The summed E-state index contributed by atoms with van der Waals surface area (Å²) in [5.41, 5.74) is 4.90. The number of aromatic hydroxyl groups is 1. The Morgan fingerprint density at radius 2 is 2.03 bits per heavy atom. The van der Waals surface area contributed by atoms with Gasteiger partial charge in [0.1, 0.15) is 17.4 Å². The molecule has 9 heteroatoms. The Bertz CT molecular complexity index is 1570. The molecule has 182 valence electrons. The highest BCUT2D eigenvalue weighted by molar-refractivity contribution is 6.06. The van der Waals surface area contributed by atoms with E-state index in [1.54, 1.807) is 54.5 Å². The molecule has 0 aliphatic rings. The van der Waals surface area contributed by atoms with Crippen LogP contribution in [0.4, 0.5) is 5.82 Å². The number of phenols is 1. The molecule has 0 radical (unpaired) electrons. The van der Waals surface area contributed by atoms with Gasteiger partial charge in [0.25, 0.3) is 5.91 Å². The standard InChI is InChI=1S/C27H26N6O3/c1-4-12-33-25(16(2)15-29-33)32-26(35)18-7-9-21-22(14-18)31-24(30-21)20-13-17(8-10-23(20)34)19-6-5-11-28-27(19)36-3/h5-11,13-15,34H,4,12H2,1-3H3,(H,30,31)(H,32,35). The molecular weight excluding hydrogens is 456 g/mol. The van der Waals surface area contributed by atoms with Crippen LogP contribution >= 0.6 is 0 Å². The molecule has 36 heavy (non-hydrogen) atoms. The zero-order valence-corrected chi connectivity index (χ0v) is 20.2. The molecule has 3 aromatic heterocycles. The van der Waals surface area contributed by atoms with Crippen LogP contribution in [0.25, 0.3) is 33.5 Å². The molecule has 3 heterocycles. The number of ether oxygens (including phenoxy) is 1. The van der Waals surface area contributed by atoms with Gasteiger partial charge in [-0.1, -0.05) is 13.0 Å². The number of nitrogens with zero attached hydrogens (tertiary/aromatic N) is 4. The minimum Gasteiger partial charge on any atom is -0.507 e. The number of nitrogens with one attached hydrogen (secondary N) is 2. The Kier molecular flexibility index (Phi) is 6.12. The van der Waals surface area contributed by atoms with Gasteiger partial charge in [-0.25, -0.2) is 14.6 Å². The Morgan fingerprint density at radius 1 is 1.17 bits per heavy atom. The second kappa shape index (κ2) is 9.53. The molecule has 0 unspecified atom stereocenters. The van der Waals surface area contributed by atoms with Gasteiger partial charge in [0, 0.05) is 29.4 Å². The molecule has 1 amide bonds. The molecule has 5 rings (SSSR count). The SMILES string of the molecule is CCCn1ncc(C)c1NC(=O)c1ccc2nc(-c3cc(-c4cccnc4OC)ccc3O)[nH]c2c1. The number of amides is 1. The normalized spacial score (nSPS) is 11.1. The van der Waals surface area contributed by atoms with Gasteiger partial charge in [0.15, 0.2) is 0 Å². The minimum absolute atomic E-state index is 0.0818. The molecule has 0 saturated carbocycles. The quantitative estimate of drug-likeness (QED) is 0.294. The number of aryl methyl sites for hydroxylation is 2. The summed E-state index contributed by atoms with van der Waals surface area (Å²) in [5.74, 6) is 1.52. The molecule has 5 aromatic rings. The fourth-order valence-electron chi connectivity index (χ4n) is 4.15. The lowest BCUT2D eigenvalue weighted by molar-refractivity contribution is 0.102. The first-order chi connectivity index (χ1) is 17.5. The van der Waals surface area contributed by atoms with E-state index in [0.29, 0.717) is 39.7 Å². The van der Waals surface area contributed by atoms with Crippen LogP contribution in [0.15, 0.2) is 60.9 Å².